The number of hydrogen-bond donors (Lipinski definition) is 2. The van der Waals surface area contributed by atoms with E-state index in [9.17, 15) is 14.7 Å². The molecule has 0 aliphatic carbocycles. The lowest BCUT2D eigenvalue weighted by Gasteiger charge is -2.45. The van der Waals surface area contributed by atoms with Crippen LogP contribution >= 0.6 is 0 Å². The zero-order valence-electron chi connectivity index (χ0n) is 11.6. The van der Waals surface area contributed by atoms with Crippen molar-refractivity contribution in [3.05, 3.63) is 0 Å². The zero-order valence-corrected chi connectivity index (χ0v) is 11.6. The van der Waals surface area contributed by atoms with Gasteiger partial charge < -0.3 is 15.7 Å². The van der Waals surface area contributed by atoms with E-state index in [0.717, 1.165) is 12.8 Å². The third kappa shape index (κ3) is 2.83. The van der Waals surface area contributed by atoms with Gasteiger partial charge in [0.2, 0.25) is 5.91 Å². The van der Waals surface area contributed by atoms with Gasteiger partial charge in [0, 0.05) is 6.54 Å². The minimum Gasteiger partial charge on any atom is -0.480 e. The molecule has 0 aromatic carbocycles. The highest BCUT2D eigenvalue weighted by Crippen LogP contribution is 2.35. The first-order valence-corrected chi connectivity index (χ1v) is 6.47. The summed E-state index contributed by atoms with van der Waals surface area (Å²) in [6.07, 6.45) is 1.64. The van der Waals surface area contributed by atoms with E-state index in [0.29, 0.717) is 6.54 Å². The van der Waals surface area contributed by atoms with Crippen LogP contribution in [-0.2, 0) is 9.59 Å². The molecule has 2 unspecified atom stereocenters. The molecule has 1 saturated heterocycles. The first-order chi connectivity index (χ1) is 8.18. The molecule has 18 heavy (non-hydrogen) atoms. The fourth-order valence-electron chi connectivity index (χ4n) is 2.57. The molecule has 0 radical (unpaired) electrons. The second-order valence-corrected chi connectivity index (χ2v) is 6.13. The van der Waals surface area contributed by atoms with Crippen molar-refractivity contribution in [3.8, 4) is 0 Å². The van der Waals surface area contributed by atoms with E-state index in [-0.39, 0.29) is 11.8 Å². The highest BCUT2D eigenvalue weighted by molar-refractivity contribution is 5.87. The number of nitrogens with two attached hydrogens (primary N) is 1. The first kappa shape index (κ1) is 15.0. The van der Waals surface area contributed by atoms with Gasteiger partial charge in [-0.05, 0) is 24.2 Å². The lowest BCUT2D eigenvalue weighted by atomic mass is 9.76. The van der Waals surface area contributed by atoms with Crippen LogP contribution in [0.3, 0.4) is 0 Å². The van der Waals surface area contributed by atoms with E-state index < -0.39 is 23.5 Å². The fraction of sp³-hybridized carbons (Fsp3) is 0.846. The molecule has 1 rings (SSSR count). The molecular weight excluding hydrogens is 232 g/mol. The Kier molecular flexibility index (Phi) is 4.37. The van der Waals surface area contributed by atoms with E-state index in [1.165, 1.54) is 4.90 Å². The number of amides is 1. The largest absolute Gasteiger partial charge is 0.480 e. The molecule has 5 heteroatoms. The van der Waals surface area contributed by atoms with E-state index >= 15 is 0 Å². The van der Waals surface area contributed by atoms with E-state index in [1.807, 2.05) is 27.7 Å². The maximum atomic E-state index is 12.3. The summed E-state index contributed by atoms with van der Waals surface area (Å²) in [5.74, 6) is -1.17. The molecule has 0 aromatic heterocycles. The Morgan fingerprint density at radius 1 is 1.39 bits per heavy atom. The van der Waals surface area contributed by atoms with Gasteiger partial charge in [0.05, 0.1) is 6.04 Å². The Morgan fingerprint density at radius 3 is 2.39 bits per heavy atom. The number of likely N-dealkylation sites (tertiary alicyclic amines) is 1. The van der Waals surface area contributed by atoms with Gasteiger partial charge in [-0.15, -0.1) is 0 Å². The first-order valence-electron chi connectivity index (χ1n) is 6.47. The minimum atomic E-state index is -0.941. The average molecular weight is 256 g/mol. The van der Waals surface area contributed by atoms with Gasteiger partial charge in [-0.3, -0.25) is 4.79 Å². The maximum Gasteiger partial charge on any atom is 0.326 e. The number of rotatable bonds is 3. The van der Waals surface area contributed by atoms with Gasteiger partial charge in [-0.25, -0.2) is 4.79 Å². The van der Waals surface area contributed by atoms with Gasteiger partial charge in [-0.2, -0.15) is 0 Å². The molecule has 104 valence electrons. The topological polar surface area (TPSA) is 83.6 Å². The second-order valence-electron chi connectivity index (χ2n) is 6.13. The Morgan fingerprint density at radius 2 is 1.94 bits per heavy atom. The summed E-state index contributed by atoms with van der Waals surface area (Å²) in [7, 11) is 0. The monoisotopic (exact) mass is 256 g/mol. The Hall–Kier alpha value is -1.10. The minimum absolute atomic E-state index is 0.0111. The predicted molar refractivity (Wildman–Crippen MR) is 69.0 cm³/mol. The normalized spacial score (nSPS) is 25.0. The van der Waals surface area contributed by atoms with Crippen molar-refractivity contribution in [1.29, 1.82) is 0 Å². The molecule has 0 spiro atoms. The standard InChI is InChI=1S/C13H24N2O3/c1-8(2)9(14)11(16)15-7-5-6-13(3,4)10(15)12(17)18/h8-10H,5-7,14H2,1-4H3,(H,17,18). The van der Waals surface area contributed by atoms with Crippen LogP contribution in [0.15, 0.2) is 0 Å². The van der Waals surface area contributed by atoms with Crippen LogP contribution in [0.4, 0.5) is 0 Å². The highest BCUT2D eigenvalue weighted by Gasteiger charge is 2.45. The van der Waals surface area contributed by atoms with E-state index in [4.69, 9.17) is 5.73 Å². The van der Waals surface area contributed by atoms with Crippen molar-refractivity contribution >= 4 is 11.9 Å². The molecule has 1 fully saturated rings. The van der Waals surface area contributed by atoms with Crippen molar-refractivity contribution in [2.45, 2.75) is 52.6 Å². The van der Waals surface area contributed by atoms with Crippen LogP contribution in [0.5, 0.6) is 0 Å². The SMILES string of the molecule is CC(C)C(N)C(=O)N1CCCC(C)(C)C1C(=O)O. The summed E-state index contributed by atoms with van der Waals surface area (Å²) in [4.78, 5) is 25.2. The van der Waals surface area contributed by atoms with Crippen LogP contribution in [0.25, 0.3) is 0 Å². The molecule has 1 aliphatic heterocycles. The Bertz CT molecular complexity index is 339. The van der Waals surface area contributed by atoms with Crippen molar-refractivity contribution < 1.29 is 14.7 Å². The van der Waals surface area contributed by atoms with E-state index in [1.54, 1.807) is 0 Å². The van der Waals surface area contributed by atoms with E-state index in [2.05, 4.69) is 0 Å². The van der Waals surface area contributed by atoms with Gasteiger partial charge >= 0.3 is 5.97 Å². The van der Waals surface area contributed by atoms with Crippen molar-refractivity contribution in [2.24, 2.45) is 17.1 Å². The van der Waals surface area contributed by atoms with Crippen LogP contribution < -0.4 is 5.73 Å². The van der Waals surface area contributed by atoms with Gasteiger partial charge in [-0.1, -0.05) is 27.7 Å². The Balaban J connectivity index is 2.98. The fourth-order valence-corrected chi connectivity index (χ4v) is 2.57. The zero-order chi connectivity index (χ0) is 14.1. The molecule has 1 amide bonds. The summed E-state index contributed by atoms with van der Waals surface area (Å²) in [5, 5.41) is 9.38. The molecule has 2 atom stereocenters. The lowest BCUT2D eigenvalue weighted by molar-refractivity contribution is -0.159. The summed E-state index contributed by atoms with van der Waals surface area (Å²) >= 11 is 0. The third-order valence-corrected chi connectivity index (χ3v) is 3.79. The molecule has 0 bridgehead atoms. The van der Waals surface area contributed by atoms with Crippen LogP contribution in [-0.4, -0.2) is 40.5 Å². The number of carboxylic acid groups (broad SMARTS) is 1. The number of aliphatic carboxylic acids is 1. The number of carbonyl (C=O) groups is 2. The molecule has 1 heterocycles. The molecular formula is C13H24N2O3. The number of piperidine rings is 1. The van der Waals surface area contributed by atoms with Crippen molar-refractivity contribution in [2.75, 3.05) is 6.54 Å². The summed E-state index contributed by atoms with van der Waals surface area (Å²) in [6, 6.07) is -1.40. The second kappa shape index (κ2) is 5.26. The van der Waals surface area contributed by atoms with Gasteiger partial charge in [0.25, 0.3) is 0 Å². The number of carbonyl (C=O) groups excluding carboxylic acids is 1. The quantitative estimate of drug-likeness (QED) is 0.791. The number of nitrogens with zero attached hydrogens (tertiary/aromatic N) is 1. The third-order valence-electron chi connectivity index (χ3n) is 3.79. The van der Waals surface area contributed by atoms with Crippen molar-refractivity contribution in [1.82, 2.24) is 4.90 Å². The summed E-state index contributed by atoms with van der Waals surface area (Å²) < 4.78 is 0. The molecule has 0 saturated carbocycles. The highest BCUT2D eigenvalue weighted by atomic mass is 16.4. The molecule has 1 aliphatic rings. The summed E-state index contributed by atoms with van der Waals surface area (Å²) in [6.45, 7) is 8.01. The van der Waals surface area contributed by atoms with Gasteiger partial charge in [0.15, 0.2) is 0 Å². The predicted octanol–water partition coefficient (Wildman–Crippen LogP) is 1.07. The van der Waals surface area contributed by atoms with Crippen LogP contribution in [0, 0.1) is 11.3 Å². The maximum absolute atomic E-state index is 12.3. The molecule has 5 nitrogen and oxygen atoms in total. The van der Waals surface area contributed by atoms with Crippen molar-refractivity contribution in [3.63, 3.8) is 0 Å². The average Bonchev–Trinajstić information content (AvgIpc) is 2.24. The summed E-state index contributed by atoms with van der Waals surface area (Å²) in [5.41, 5.74) is 5.45. The Labute approximate surface area is 108 Å². The van der Waals surface area contributed by atoms with Crippen LogP contribution in [0.2, 0.25) is 0 Å². The molecule has 0 aromatic rings. The molecule has 3 N–H and O–H groups in total. The number of carboxylic acids is 1. The van der Waals surface area contributed by atoms with Crippen LogP contribution in [0.1, 0.15) is 40.5 Å². The lowest BCUT2D eigenvalue weighted by Crippen LogP contribution is -2.60. The smallest absolute Gasteiger partial charge is 0.326 e. The number of hydrogen-bond acceptors (Lipinski definition) is 3. The van der Waals surface area contributed by atoms with Gasteiger partial charge in [0.1, 0.15) is 6.04 Å².